The van der Waals surface area contributed by atoms with Crippen molar-refractivity contribution < 1.29 is 27.8 Å². The molecule has 2 aromatic carbocycles. The Balaban J connectivity index is 1.77. The summed E-state index contributed by atoms with van der Waals surface area (Å²) < 4.78 is 44.6. The molecule has 1 aliphatic rings. The van der Waals surface area contributed by atoms with E-state index in [4.69, 9.17) is 19.9 Å². The molecule has 0 aromatic heterocycles. The second kappa shape index (κ2) is 9.91. The highest BCUT2D eigenvalue weighted by molar-refractivity contribution is 5.89. The molecule has 5 nitrogen and oxygen atoms in total. The number of rotatable bonds is 8. The van der Waals surface area contributed by atoms with Crippen molar-refractivity contribution in [3.8, 4) is 0 Å². The third kappa shape index (κ3) is 5.38. The van der Waals surface area contributed by atoms with Crippen LogP contribution in [0.25, 0.3) is 0 Å². The van der Waals surface area contributed by atoms with Crippen molar-refractivity contribution in [2.75, 3.05) is 19.8 Å². The largest absolute Gasteiger partial charge is 0.462 e. The van der Waals surface area contributed by atoms with Crippen LogP contribution in [0, 0.1) is 11.6 Å². The van der Waals surface area contributed by atoms with Gasteiger partial charge in [0, 0.05) is 19.6 Å². The molecule has 0 amide bonds. The highest BCUT2D eigenvalue weighted by Gasteiger charge is 2.36. The Labute approximate surface area is 168 Å². The van der Waals surface area contributed by atoms with Gasteiger partial charge >= 0.3 is 5.97 Å². The van der Waals surface area contributed by atoms with E-state index in [2.05, 4.69) is 0 Å². The zero-order chi connectivity index (χ0) is 20.7. The molecular weight excluding hydrogens is 380 g/mol. The van der Waals surface area contributed by atoms with Gasteiger partial charge in [-0.15, -0.1) is 0 Å². The second-order valence-corrected chi connectivity index (χ2v) is 6.99. The van der Waals surface area contributed by atoms with E-state index in [1.165, 1.54) is 6.07 Å². The van der Waals surface area contributed by atoms with Crippen LogP contribution in [0.5, 0.6) is 0 Å². The zero-order valence-electron chi connectivity index (χ0n) is 16.1. The average molecular weight is 405 g/mol. The molecule has 3 rings (SSSR count). The lowest BCUT2D eigenvalue weighted by Gasteiger charge is -2.38. The van der Waals surface area contributed by atoms with Gasteiger partial charge < -0.3 is 19.9 Å². The maximum absolute atomic E-state index is 13.9. The Kier molecular flexibility index (Phi) is 7.30. The van der Waals surface area contributed by atoms with Gasteiger partial charge in [0.15, 0.2) is 17.9 Å². The lowest BCUT2D eigenvalue weighted by atomic mass is 9.90. The first-order valence-corrected chi connectivity index (χ1v) is 9.71. The highest BCUT2D eigenvalue weighted by Crippen LogP contribution is 2.33. The molecule has 0 spiro atoms. The van der Waals surface area contributed by atoms with Crippen molar-refractivity contribution in [3.63, 3.8) is 0 Å². The molecule has 0 bridgehead atoms. The Morgan fingerprint density at radius 1 is 1.14 bits per heavy atom. The number of esters is 1. The first kappa shape index (κ1) is 21.4. The molecule has 2 N–H and O–H groups in total. The summed E-state index contributed by atoms with van der Waals surface area (Å²) in [6.45, 7) is 0.545. The van der Waals surface area contributed by atoms with Crippen molar-refractivity contribution >= 4 is 5.97 Å². The van der Waals surface area contributed by atoms with E-state index in [0.29, 0.717) is 24.2 Å². The maximum Gasteiger partial charge on any atom is 0.338 e. The van der Waals surface area contributed by atoms with Crippen LogP contribution in [0.4, 0.5) is 8.78 Å². The third-order valence-corrected chi connectivity index (χ3v) is 5.02. The lowest BCUT2D eigenvalue weighted by Crippen LogP contribution is -2.43. The predicted molar refractivity (Wildman–Crippen MR) is 103 cm³/mol. The fourth-order valence-corrected chi connectivity index (χ4v) is 3.34. The van der Waals surface area contributed by atoms with Crippen molar-refractivity contribution in [2.45, 2.75) is 37.6 Å². The van der Waals surface area contributed by atoms with Crippen molar-refractivity contribution in [1.82, 2.24) is 0 Å². The number of nitrogens with two attached hydrogens (primary N) is 1. The van der Waals surface area contributed by atoms with Crippen molar-refractivity contribution in [2.24, 2.45) is 5.73 Å². The summed E-state index contributed by atoms with van der Waals surface area (Å²) in [6, 6.07) is 12.1. The molecule has 29 heavy (non-hydrogen) atoms. The van der Waals surface area contributed by atoms with Crippen LogP contribution in [-0.4, -0.2) is 32.0 Å². The summed E-state index contributed by atoms with van der Waals surface area (Å²) in [5.74, 6) is -2.42. The summed E-state index contributed by atoms with van der Waals surface area (Å²) >= 11 is 0. The molecule has 2 aromatic rings. The summed E-state index contributed by atoms with van der Waals surface area (Å²) in [5, 5.41) is 0. The molecule has 2 atom stereocenters. The van der Waals surface area contributed by atoms with E-state index < -0.39 is 29.5 Å². The maximum atomic E-state index is 13.9. The van der Waals surface area contributed by atoms with E-state index in [1.807, 2.05) is 0 Å². The van der Waals surface area contributed by atoms with E-state index >= 15 is 0 Å². The monoisotopic (exact) mass is 405 g/mol. The third-order valence-electron chi connectivity index (χ3n) is 5.02. The normalized spacial score (nSPS) is 18.8. The van der Waals surface area contributed by atoms with Crippen LogP contribution in [0.1, 0.15) is 41.6 Å². The second-order valence-electron chi connectivity index (χ2n) is 6.99. The molecule has 1 heterocycles. The molecule has 7 heteroatoms. The van der Waals surface area contributed by atoms with Gasteiger partial charge in [0.2, 0.25) is 0 Å². The predicted octanol–water partition coefficient (Wildman–Crippen LogP) is 3.91. The fraction of sp³-hybridized carbons (Fsp3) is 0.409. The van der Waals surface area contributed by atoms with E-state index in [0.717, 1.165) is 25.0 Å². The van der Waals surface area contributed by atoms with Gasteiger partial charge in [-0.25, -0.2) is 13.6 Å². The van der Waals surface area contributed by atoms with E-state index in [-0.39, 0.29) is 19.6 Å². The van der Waals surface area contributed by atoms with E-state index in [1.54, 1.807) is 30.3 Å². The number of hydrogen-bond acceptors (Lipinski definition) is 5. The van der Waals surface area contributed by atoms with Crippen molar-refractivity contribution in [1.29, 1.82) is 0 Å². The van der Waals surface area contributed by atoms with Gasteiger partial charge in [0.25, 0.3) is 0 Å². The smallest absolute Gasteiger partial charge is 0.338 e. The Bertz CT molecular complexity index is 812. The number of carbonyl (C=O) groups excluding carboxylic acids is 1. The van der Waals surface area contributed by atoms with Crippen LogP contribution < -0.4 is 5.73 Å². The van der Waals surface area contributed by atoms with Crippen LogP contribution in [0.15, 0.2) is 48.5 Å². The van der Waals surface area contributed by atoms with Crippen LogP contribution in [0.3, 0.4) is 0 Å². The van der Waals surface area contributed by atoms with Gasteiger partial charge in [0.1, 0.15) is 5.60 Å². The molecule has 0 radical (unpaired) electrons. The minimum Gasteiger partial charge on any atom is -0.462 e. The van der Waals surface area contributed by atoms with Crippen LogP contribution in [-0.2, 0) is 19.8 Å². The van der Waals surface area contributed by atoms with Gasteiger partial charge in [0.05, 0.1) is 12.2 Å². The number of halogens is 2. The topological polar surface area (TPSA) is 70.8 Å². The van der Waals surface area contributed by atoms with Crippen LogP contribution >= 0.6 is 0 Å². The molecule has 0 aliphatic carbocycles. The Morgan fingerprint density at radius 3 is 2.59 bits per heavy atom. The first-order chi connectivity index (χ1) is 14.0. The first-order valence-electron chi connectivity index (χ1n) is 9.71. The average Bonchev–Trinajstić information content (AvgIpc) is 2.76. The molecule has 1 saturated heterocycles. The SMILES string of the molecule is NCC(CCOC(=O)c1ccccc1)(OC1CCCCO1)c1ccc(F)c(F)c1. The van der Waals surface area contributed by atoms with E-state index in [9.17, 15) is 13.6 Å². The standard InChI is InChI=1S/C22H25F2NO4/c23-18-10-9-17(14-19(18)24)22(15-25,29-20-8-4-5-12-27-20)11-13-28-21(26)16-6-2-1-3-7-16/h1-3,6-7,9-10,14,20H,4-5,8,11-13,15,25H2. The van der Waals surface area contributed by atoms with Gasteiger partial charge in [-0.1, -0.05) is 24.3 Å². The Morgan fingerprint density at radius 2 is 1.93 bits per heavy atom. The number of ether oxygens (including phenoxy) is 3. The highest BCUT2D eigenvalue weighted by atomic mass is 19.2. The summed E-state index contributed by atoms with van der Waals surface area (Å²) in [6.07, 6.45) is 2.22. The summed E-state index contributed by atoms with van der Waals surface area (Å²) in [5.41, 5.74) is 5.67. The van der Waals surface area contributed by atoms with Gasteiger partial charge in [-0.3, -0.25) is 0 Å². The van der Waals surface area contributed by atoms with Gasteiger partial charge in [-0.05, 0) is 49.1 Å². The molecule has 0 saturated carbocycles. The lowest BCUT2D eigenvalue weighted by molar-refractivity contribution is -0.230. The molecule has 156 valence electrons. The summed E-state index contributed by atoms with van der Waals surface area (Å²) in [7, 11) is 0. The molecule has 1 aliphatic heterocycles. The fourth-order valence-electron chi connectivity index (χ4n) is 3.34. The number of benzene rings is 2. The minimum atomic E-state index is -1.17. The minimum absolute atomic E-state index is 0.00333. The number of carbonyl (C=O) groups is 1. The molecular formula is C22H25F2NO4. The van der Waals surface area contributed by atoms with Crippen molar-refractivity contribution in [3.05, 3.63) is 71.3 Å². The number of hydrogen-bond donors (Lipinski definition) is 1. The quantitative estimate of drug-likeness (QED) is 0.675. The van der Waals surface area contributed by atoms with Crippen LogP contribution in [0.2, 0.25) is 0 Å². The molecule has 1 fully saturated rings. The Hall–Kier alpha value is -2.35. The molecule has 2 unspecified atom stereocenters. The zero-order valence-corrected chi connectivity index (χ0v) is 16.1. The van der Waals surface area contributed by atoms with Gasteiger partial charge in [-0.2, -0.15) is 0 Å². The summed E-state index contributed by atoms with van der Waals surface area (Å²) in [4.78, 5) is 12.2.